The van der Waals surface area contributed by atoms with Crippen molar-refractivity contribution in [3.63, 3.8) is 0 Å². The quantitative estimate of drug-likeness (QED) is 0.244. The predicted molar refractivity (Wildman–Crippen MR) is 191 cm³/mol. The molecule has 4 N–H and O–H groups in total. The molecule has 2 bridgehead atoms. The summed E-state index contributed by atoms with van der Waals surface area (Å²) in [5.74, 6) is -0.753. The Morgan fingerprint density at radius 2 is 1.62 bits per heavy atom. The molecule has 0 radical (unpaired) electrons. The second kappa shape index (κ2) is 17.0. The lowest BCUT2D eigenvalue weighted by Gasteiger charge is -2.33. The maximum absolute atomic E-state index is 14.6. The summed E-state index contributed by atoms with van der Waals surface area (Å²) in [5.41, 5.74) is 2.50. The number of carbonyl (C=O) groups excluding carboxylic acids is 4. The number of methoxy groups -OCH3 is 1. The molecule has 4 amide bonds. The SMILES string of the molecule is CC[C@@H](C)[C@@H]1NC(=O)[C@@H]2[C@H](CCN2C(=O)[C@H](Cc2ccccc2)NC(=O)[C@H](Cc2ccccc2)NC)Oc2ccc(OC)c(c2)/C=C/NC1=O. The Morgan fingerprint density at radius 3 is 2.24 bits per heavy atom. The van der Waals surface area contributed by atoms with Crippen LogP contribution in [0.1, 0.15) is 43.4 Å². The van der Waals surface area contributed by atoms with Crippen molar-refractivity contribution in [3.05, 3.63) is 102 Å². The van der Waals surface area contributed by atoms with Gasteiger partial charge in [-0.1, -0.05) is 80.9 Å². The van der Waals surface area contributed by atoms with Crippen LogP contribution in [0, 0.1) is 5.92 Å². The third kappa shape index (κ3) is 8.70. The van der Waals surface area contributed by atoms with Crippen LogP contribution >= 0.6 is 0 Å². The van der Waals surface area contributed by atoms with Gasteiger partial charge in [-0.3, -0.25) is 19.2 Å². The molecule has 264 valence electrons. The molecular formula is C39H47N5O6. The van der Waals surface area contributed by atoms with E-state index < -0.39 is 42.1 Å². The molecule has 2 aliphatic heterocycles. The molecule has 11 heteroatoms. The van der Waals surface area contributed by atoms with Crippen molar-refractivity contribution in [2.75, 3.05) is 20.7 Å². The van der Waals surface area contributed by atoms with Gasteiger partial charge in [0.1, 0.15) is 35.7 Å². The number of amides is 4. The normalized spacial score (nSPS) is 21.4. The van der Waals surface area contributed by atoms with Crippen LogP contribution < -0.4 is 30.7 Å². The van der Waals surface area contributed by atoms with Crippen molar-refractivity contribution in [3.8, 4) is 11.5 Å². The molecule has 0 saturated carbocycles. The highest BCUT2D eigenvalue weighted by Crippen LogP contribution is 2.30. The lowest BCUT2D eigenvalue weighted by atomic mass is 9.97. The van der Waals surface area contributed by atoms with E-state index >= 15 is 0 Å². The molecule has 5 rings (SSSR count). The first-order valence-corrected chi connectivity index (χ1v) is 17.2. The molecule has 3 aromatic carbocycles. The number of rotatable bonds is 11. The smallest absolute Gasteiger partial charge is 0.247 e. The summed E-state index contributed by atoms with van der Waals surface area (Å²) in [7, 11) is 3.27. The number of hydrogen-bond acceptors (Lipinski definition) is 7. The molecule has 0 aliphatic carbocycles. The molecule has 2 aliphatic rings. The Balaban J connectivity index is 1.48. The average molecular weight is 682 g/mol. The Kier molecular flexibility index (Phi) is 12.3. The summed E-state index contributed by atoms with van der Waals surface area (Å²) in [5, 5.41) is 11.8. The highest BCUT2D eigenvalue weighted by Gasteiger charge is 2.46. The predicted octanol–water partition coefficient (Wildman–Crippen LogP) is 3.23. The topological polar surface area (TPSA) is 138 Å². The van der Waals surface area contributed by atoms with E-state index in [0.717, 1.165) is 11.1 Å². The number of hydrogen-bond donors (Lipinski definition) is 4. The van der Waals surface area contributed by atoms with Gasteiger partial charge in [0.2, 0.25) is 23.6 Å². The van der Waals surface area contributed by atoms with Gasteiger partial charge in [-0.15, -0.1) is 0 Å². The Labute approximate surface area is 293 Å². The molecule has 50 heavy (non-hydrogen) atoms. The fraction of sp³-hybridized carbons (Fsp3) is 0.385. The van der Waals surface area contributed by atoms with Crippen molar-refractivity contribution in [2.45, 2.75) is 69.8 Å². The summed E-state index contributed by atoms with van der Waals surface area (Å²) < 4.78 is 12.0. The standard InChI is InChI=1S/C39H47N5O6/c1-5-25(2)34-37(46)41-20-18-28-24-29(16-17-32(28)49-4)50-33-19-21-44(35(33)38(47)43-34)39(48)31(23-27-14-10-7-11-15-27)42-36(45)30(40-3)22-26-12-8-6-9-13-26/h6-18,20,24-25,30-31,33-35,40H,5,19,21-23H2,1-4H3,(H,41,46)(H,42,45)(H,43,47)/b20-18+/t25-,30+,31+,33+,34+,35+/m1/s1. The van der Waals surface area contributed by atoms with Crippen LogP contribution in [-0.4, -0.2) is 79.5 Å². The van der Waals surface area contributed by atoms with E-state index in [1.807, 2.05) is 74.5 Å². The van der Waals surface area contributed by atoms with Gasteiger partial charge in [0.15, 0.2) is 0 Å². The summed E-state index contributed by atoms with van der Waals surface area (Å²) in [6, 6.07) is 20.9. The summed E-state index contributed by atoms with van der Waals surface area (Å²) in [6.45, 7) is 4.05. The lowest BCUT2D eigenvalue weighted by molar-refractivity contribution is -0.144. The summed E-state index contributed by atoms with van der Waals surface area (Å²) >= 11 is 0. The van der Waals surface area contributed by atoms with E-state index in [1.54, 1.807) is 38.4 Å². The summed E-state index contributed by atoms with van der Waals surface area (Å²) in [6.07, 6.45) is 4.15. The molecule has 0 spiro atoms. The second-order valence-corrected chi connectivity index (χ2v) is 12.8. The Hall–Kier alpha value is -5.16. The molecule has 6 atom stereocenters. The van der Waals surface area contributed by atoms with Gasteiger partial charge < -0.3 is 35.6 Å². The van der Waals surface area contributed by atoms with Crippen molar-refractivity contribution >= 4 is 29.7 Å². The van der Waals surface area contributed by atoms with Gasteiger partial charge in [0, 0.05) is 31.1 Å². The number of nitrogens with zero attached hydrogens (tertiary/aromatic N) is 1. The van der Waals surface area contributed by atoms with Gasteiger partial charge in [0.25, 0.3) is 0 Å². The molecular weight excluding hydrogens is 634 g/mol. The fourth-order valence-corrected chi connectivity index (χ4v) is 6.48. The van der Waals surface area contributed by atoms with E-state index in [0.29, 0.717) is 36.3 Å². The minimum absolute atomic E-state index is 0.203. The summed E-state index contributed by atoms with van der Waals surface area (Å²) in [4.78, 5) is 57.6. The first kappa shape index (κ1) is 36.1. The Morgan fingerprint density at radius 1 is 0.960 bits per heavy atom. The first-order valence-electron chi connectivity index (χ1n) is 17.2. The number of benzene rings is 3. The maximum atomic E-state index is 14.6. The molecule has 0 aromatic heterocycles. The lowest BCUT2D eigenvalue weighted by Crippen LogP contribution is -2.60. The van der Waals surface area contributed by atoms with Crippen molar-refractivity contribution in [2.24, 2.45) is 5.92 Å². The van der Waals surface area contributed by atoms with E-state index in [1.165, 1.54) is 11.1 Å². The van der Waals surface area contributed by atoms with Crippen molar-refractivity contribution in [1.82, 2.24) is 26.2 Å². The van der Waals surface area contributed by atoms with E-state index in [2.05, 4.69) is 21.3 Å². The number of carbonyl (C=O) groups is 4. The van der Waals surface area contributed by atoms with E-state index in [9.17, 15) is 19.2 Å². The maximum Gasteiger partial charge on any atom is 0.247 e. The molecule has 1 saturated heterocycles. The molecule has 0 unspecified atom stereocenters. The molecule has 11 nitrogen and oxygen atoms in total. The van der Waals surface area contributed by atoms with Crippen LogP contribution in [0.2, 0.25) is 0 Å². The highest BCUT2D eigenvalue weighted by atomic mass is 16.5. The largest absolute Gasteiger partial charge is 0.496 e. The van der Waals surface area contributed by atoms with Crippen LogP contribution in [0.15, 0.2) is 85.1 Å². The van der Waals surface area contributed by atoms with Gasteiger partial charge >= 0.3 is 0 Å². The van der Waals surface area contributed by atoms with Gasteiger partial charge in [0.05, 0.1) is 13.2 Å². The zero-order valence-electron chi connectivity index (χ0n) is 29.1. The number of ether oxygens (including phenoxy) is 2. The third-order valence-corrected chi connectivity index (χ3v) is 9.51. The second-order valence-electron chi connectivity index (χ2n) is 12.8. The highest BCUT2D eigenvalue weighted by molar-refractivity contribution is 5.96. The van der Waals surface area contributed by atoms with Crippen molar-refractivity contribution < 1.29 is 28.7 Å². The van der Waals surface area contributed by atoms with Crippen molar-refractivity contribution in [1.29, 1.82) is 0 Å². The number of fused-ring (bicyclic) bond motifs is 3. The third-order valence-electron chi connectivity index (χ3n) is 9.51. The monoisotopic (exact) mass is 681 g/mol. The van der Waals surface area contributed by atoms with Crippen LogP contribution in [0.3, 0.4) is 0 Å². The van der Waals surface area contributed by atoms with Crippen LogP contribution in [0.4, 0.5) is 0 Å². The van der Waals surface area contributed by atoms with Gasteiger partial charge in [-0.25, -0.2) is 0 Å². The number of likely N-dealkylation sites (N-methyl/N-ethyl adjacent to an activating group) is 1. The zero-order valence-corrected chi connectivity index (χ0v) is 29.1. The van der Waals surface area contributed by atoms with E-state index in [-0.39, 0.29) is 30.7 Å². The molecule has 1 fully saturated rings. The minimum Gasteiger partial charge on any atom is -0.496 e. The zero-order chi connectivity index (χ0) is 35.6. The van der Waals surface area contributed by atoms with E-state index in [4.69, 9.17) is 9.47 Å². The Bertz CT molecular complexity index is 1670. The average Bonchev–Trinajstić information content (AvgIpc) is 3.55. The van der Waals surface area contributed by atoms with Crippen LogP contribution in [-0.2, 0) is 32.0 Å². The fourth-order valence-electron chi connectivity index (χ4n) is 6.48. The molecule has 2 heterocycles. The van der Waals surface area contributed by atoms with Crippen LogP contribution in [0.25, 0.3) is 6.08 Å². The first-order chi connectivity index (χ1) is 24.2. The van der Waals surface area contributed by atoms with Gasteiger partial charge in [-0.05, 0) is 54.8 Å². The van der Waals surface area contributed by atoms with Gasteiger partial charge in [-0.2, -0.15) is 0 Å². The number of likely N-dealkylation sites (tertiary alicyclic amines) is 1. The number of nitrogens with one attached hydrogen (secondary N) is 4. The molecule has 3 aromatic rings. The van der Waals surface area contributed by atoms with Crippen LogP contribution in [0.5, 0.6) is 11.5 Å². The minimum atomic E-state index is -1.07.